The van der Waals surface area contributed by atoms with Gasteiger partial charge in [0.15, 0.2) is 5.78 Å². The third-order valence-corrected chi connectivity index (χ3v) is 3.67. The van der Waals surface area contributed by atoms with E-state index in [1.165, 1.54) is 0 Å². The summed E-state index contributed by atoms with van der Waals surface area (Å²) in [6, 6.07) is 11.9. The van der Waals surface area contributed by atoms with Gasteiger partial charge in [-0.2, -0.15) is 0 Å². The Balaban J connectivity index is 2.25. The quantitative estimate of drug-likeness (QED) is 0.733. The number of rotatable bonds is 4. The van der Waals surface area contributed by atoms with Gasteiger partial charge >= 0.3 is 0 Å². The Bertz CT molecular complexity index is 497. The van der Waals surface area contributed by atoms with Crippen LogP contribution in [0.15, 0.2) is 41.8 Å². The van der Waals surface area contributed by atoms with Crippen molar-refractivity contribution in [3.8, 4) is 0 Å². The lowest BCUT2D eigenvalue weighted by atomic mass is 9.93. The topological polar surface area (TPSA) is 17.1 Å². The minimum atomic E-state index is 0.219. The van der Waals surface area contributed by atoms with Gasteiger partial charge in [0.1, 0.15) is 0 Å². The Morgan fingerprint density at radius 1 is 1.18 bits per heavy atom. The molecule has 1 nitrogen and oxygen atoms in total. The number of carbonyl (C=O) groups is 1. The molecule has 2 rings (SSSR count). The van der Waals surface area contributed by atoms with Crippen LogP contribution in [0.1, 0.15) is 40.6 Å². The number of benzene rings is 1. The van der Waals surface area contributed by atoms with Gasteiger partial charge in [0.05, 0.1) is 0 Å². The molecule has 0 N–H and O–H groups in total. The van der Waals surface area contributed by atoms with Gasteiger partial charge in [0.25, 0.3) is 0 Å². The van der Waals surface area contributed by atoms with Crippen molar-refractivity contribution in [3.63, 3.8) is 0 Å². The Kier molecular flexibility index (Phi) is 3.75. The first-order valence-corrected chi connectivity index (χ1v) is 6.71. The summed E-state index contributed by atoms with van der Waals surface area (Å²) in [5.41, 5.74) is 2.02. The largest absolute Gasteiger partial charge is 0.294 e. The van der Waals surface area contributed by atoms with Gasteiger partial charge in [-0.25, -0.2) is 0 Å². The smallest absolute Gasteiger partial charge is 0.168 e. The van der Waals surface area contributed by atoms with E-state index in [0.717, 1.165) is 16.0 Å². The van der Waals surface area contributed by atoms with Crippen LogP contribution in [0.4, 0.5) is 0 Å². The van der Waals surface area contributed by atoms with Crippen LogP contribution >= 0.6 is 11.3 Å². The summed E-state index contributed by atoms with van der Waals surface area (Å²) in [6.45, 7) is 4.24. The van der Waals surface area contributed by atoms with E-state index >= 15 is 0 Å². The van der Waals surface area contributed by atoms with Gasteiger partial charge in [-0.1, -0.05) is 44.2 Å². The van der Waals surface area contributed by atoms with E-state index in [4.69, 9.17) is 0 Å². The van der Waals surface area contributed by atoms with Crippen LogP contribution in [0.3, 0.4) is 0 Å². The summed E-state index contributed by atoms with van der Waals surface area (Å²) in [4.78, 5) is 13.4. The zero-order valence-corrected chi connectivity index (χ0v) is 11.0. The molecule has 88 valence electrons. The zero-order valence-electron chi connectivity index (χ0n) is 10.1. The Morgan fingerprint density at radius 3 is 2.59 bits per heavy atom. The lowest BCUT2D eigenvalue weighted by molar-refractivity contribution is 0.0992. The first-order chi connectivity index (χ1) is 8.18. The molecule has 0 aliphatic heterocycles. The molecule has 0 aliphatic carbocycles. The second kappa shape index (κ2) is 5.28. The molecule has 1 aromatic carbocycles. The summed E-state index contributed by atoms with van der Waals surface area (Å²) in [6.07, 6.45) is 0.515. The first-order valence-electron chi connectivity index (χ1n) is 5.83. The summed E-state index contributed by atoms with van der Waals surface area (Å²) in [5.74, 6) is 0.607. The fourth-order valence-electron chi connectivity index (χ4n) is 1.92. The second-order valence-corrected chi connectivity index (χ2v) is 5.45. The zero-order chi connectivity index (χ0) is 12.3. The van der Waals surface area contributed by atoms with Crippen molar-refractivity contribution in [2.24, 2.45) is 0 Å². The third kappa shape index (κ3) is 2.83. The lowest BCUT2D eigenvalue weighted by Gasteiger charge is -2.11. The van der Waals surface area contributed by atoms with Crippen molar-refractivity contribution in [1.82, 2.24) is 0 Å². The highest BCUT2D eigenvalue weighted by molar-refractivity contribution is 7.10. The molecule has 0 saturated heterocycles. The molecular weight excluding hydrogens is 228 g/mol. The predicted molar refractivity (Wildman–Crippen MR) is 72.9 cm³/mol. The van der Waals surface area contributed by atoms with Gasteiger partial charge in [-0.05, 0) is 22.9 Å². The van der Waals surface area contributed by atoms with Crippen molar-refractivity contribution in [3.05, 3.63) is 57.8 Å². The first kappa shape index (κ1) is 12.1. The second-order valence-electron chi connectivity index (χ2n) is 4.42. The summed E-state index contributed by atoms with van der Waals surface area (Å²) < 4.78 is 0. The Labute approximate surface area is 106 Å². The minimum absolute atomic E-state index is 0.219. The molecule has 0 atom stereocenters. The lowest BCUT2D eigenvalue weighted by Crippen LogP contribution is -2.07. The molecule has 0 unspecified atom stereocenters. The molecule has 0 fully saturated rings. The van der Waals surface area contributed by atoms with Gasteiger partial charge < -0.3 is 0 Å². The maximum Gasteiger partial charge on any atom is 0.168 e. The van der Waals surface area contributed by atoms with Crippen molar-refractivity contribution < 1.29 is 4.79 Å². The molecule has 2 heteroatoms. The maximum absolute atomic E-state index is 12.2. The van der Waals surface area contributed by atoms with Crippen molar-refractivity contribution in [2.75, 3.05) is 0 Å². The molecule has 0 aliphatic rings. The van der Waals surface area contributed by atoms with Crippen LogP contribution in [0, 0.1) is 0 Å². The van der Waals surface area contributed by atoms with Crippen LogP contribution in [-0.4, -0.2) is 5.78 Å². The van der Waals surface area contributed by atoms with Crippen LogP contribution in [0.5, 0.6) is 0 Å². The van der Waals surface area contributed by atoms with Crippen LogP contribution in [0.2, 0.25) is 0 Å². The third-order valence-electron chi connectivity index (χ3n) is 2.80. The predicted octanol–water partition coefficient (Wildman–Crippen LogP) is 4.30. The van der Waals surface area contributed by atoms with Crippen LogP contribution in [0.25, 0.3) is 0 Å². The van der Waals surface area contributed by atoms with Gasteiger partial charge in [-0.3, -0.25) is 4.79 Å². The minimum Gasteiger partial charge on any atom is -0.294 e. The number of Topliss-reactive ketones (excluding diaryl/α,β-unsaturated/α-hetero) is 1. The molecule has 0 saturated carbocycles. The standard InChI is InChI=1S/C15H16OS/c1-11(2)13-7-3-4-8-14(13)15(16)10-12-6-5-9-17-12/h3-9,11H,10H2,1-2H3. The van der Waals surface area contributed by atoms with Crippen molar-refractivity contribution in [2.45, 2.75) is 26.2 Å². The van der Waals surface area contributed by atoms with Gasteiger partial charge in [0, 0.05) is 16.9 Å². The van der Waals surface area contributed by atoms with E-state index in [-0.39, 0.29) is 5.78 Å². The average molecular weight is 244 g/mol. The fraction of sp³-hybridized carbons (Fsp3) is 0.267. The van der Waals surface area contributed by atoms with Gasteiger partial charge in [0.2, 0.25) is 0 Å². The number of hydrogen-bond donors (Lipinski definition) is 0. The molecule has 1 heterocycles. The maximum atomic E-state index is 12.2. The fourth-order valence-corrected chi connectivity index (χ4v) is 2.62. The number of ketones is 1. The van der Waals surface area contributed by atoms with Gasteiger partial charge in [-0.15, -0.1) is 11.3 Å². The molecule has 0 bridgehead atoms. The van der Waals surface area contributed by atoms with E-state index in [1.54, 1.807) is 11.3 Å². The molecule has 1 aromatic heterocycles. The van der Waals surface area contributed by atoms with Crippen LogP contribution in [-0.2, 0) is 6.42 Å². The highest BCUT2D eigenvalue weighted by Crippen LogP contribution is 2.21. The molecule has 2 aromatic rings. The van der Waals surface area contributed by atoms with Crippen molar-refractivity contribution >= 4 is 17.1 Å². The molecule has 0 radical (unpaired) electrons. The monoisotopic (exact) mass is 244 g/mol. The Morgan fingerprint density at radius 2 is 1.94 bits per heavy atom. The number of thiophene rings is 1. The highest BCUT2D eigenvalue weighted by Gasteiger charge is 2.13. The molecule has 17 heavy (non-hydrogen) atoms. The molecule has 0 spiro atoms. The number of hydrogen-bond acceptors (Lipinski definition) is 2. The summed E-state index contributed by atoms with van der Waals surface area (Å²) in [7, 11) is 0. The highest BCUT2D eigenvalue weighted by atomic mass is 32.1. The van der Waals surface area contributed by atoms with E-state index in [9.17, 15) is 4.79 Å². The van der Waals surface area contributed by atoms with E-state index in [0.29, 0.717) is 12.3 Å². The van der Waals surface area contributed by atoms with E-state index < -0.39 is 0 Å². The van der Waals surface area contributed by atoms with E-state index in [1.807, 2.05) is 41.8 Å². The summed E-state index contributed by atoms with van der Waals surface area (Å²) in [5, 5.41) is 2.01. The van der Waals surface area contributed by atoms with Crippen LogP contribution < -0.4 is 0 Å². The summed E-state index contributed by atoms with van der Waals surface area (Å²) >= 11 is 1.64. The Hall–Kier alpha value is -1.41. The van der Waals surface area contributed by atoms with Crippen molar-refractivity contribution in [1.29, 1.82) is 0 Å². The molecular formula is C15H16OS. The molecule has 0 amide bonds. The number of carbonyl (C=O) groups excluding carboxylic acids is 1. The average Bonchev–Trinajstić information content (AvgIpc) is 2.81. The van der Waals surface area contributed by atoms with E-state index in [2.05, 4.69) is 13.8 Å². The normalized spacial score (nSPS) is 10.8. The SMILES string of the molecule is CC(C)c1ccccc1C(=O)Cc1cccs1.